The van der Waals surface area contributed by atoms with E-state index in [2.05, 4.69) is 10.1 Å². The summed E-state index contributed by atoms with van der Waals surface area (Å²) in [6.07, 6.45) is 5.18. The molecular formula is C25H28N2O5. The average molecular weight is 437 g/mol. The van der Waals surface area contributed by atoms with Crippen molar-refractivity contribution in [2.75, 3.05) is 14.2 Å². The second kappa shape index (κ2) is 8.22. The van der Waals surface area contributed by atoms with E-state index in [1.54, 1.807) is 14.2 Å². The Kier molecular flexibility index (Phi) is 5.59. The number of fused-ring (bicyclic) bond motifs is 1. The fourth-order valence-corrected chi connectivity index (χ4v) is 3.91. The Labute approximate surface area is 187 Å². The Morgan fingerprint density at radius 1 is 1.00 bits per heavy atom. The smallest absolute Gasteiger partial charge is 0.274 e. The normalized spacial score (nSPS) is 17.1. The van der Waals surface area contributed by atoms with Gasteiger partial charge in [0.2, 0.25) is 5.60 Å². The number of hydrogen-bond donors (Lipinski definition) is 1. The highest BCUT2D eigenvalue weighted by molar-refractivity contribution is 5.71. The van der Waals surface area contributed by atoms with Crippen LogP contribution in [-0.4, -0.2) is 29.5 Å². The van der Waals surface area contributed by atoms with Gasteiger partial charge in [-0.05, 0) is 69.0 Å². The van der Waals surface area contributed by atoms with Gasteiger partial charge in [-0.1, -0.05) is 17.3 Å². The van der Waals surface area contributed by atoms with Crippen LogP contribution in [-0.2, 0) is 18.4 Å². The zero-order valence-electron chi connectivity index (χ0n) is 19.3. The second-order valence-electron chi connectivity index (χ2n) is 8.21. The molecule has 4 rings (SSSR count). The summed E-state index contributed by atoms with van der Waals surface area (Å²) < 4.78 is 22.6. The molecule has 1 aliphatic heterocycles. The molecule has 1 aliphatic rings. The van der Waals surface area contributed by atoms with Crippen LogP contribution >= 0.6 is 0 Å². The molecule has 32 heavy (non-hydrogen) atoms. The topological polar surface area (TPSA) is 86.8 Å². The molecule has 7 nitrogen and oxygen atoms in total. The lowest BCUT2D eigenvalue weighted by atomic mass is 9.92. The van der Waals surface area contributed by atoms with Gasteiger partial charge in [0.05, 0.1) is 14.2 Å². The maximum absolute atomic E-state index is 10.4. The van der Waals surface area contributed by atoms with Gasteiger partial charge in [-0.25, -0.2) is 0 Å². The van der Waals surface area contributed by atoms with Gasteiger partial charge >= 0.3 is 0 Å². The maximum Gasteiger partial charge on any atom is 0.274 e. The zero-order chi connectivity index (χ0) is 23.0. The first kappa shape index (κ1) is 21.7. The Bertz CT molecular complexity index is 1200. The molecular weight excluding hydrogens is 408 g/mol. The van der Waals surface area contributed by atoms with E-state index in [1.807, 2.05) is 58.0 Å². The Morgan fingerprint density at radius 3 is 2.47 bits per heavy atom. The summed E-state index contributed by atoms with van der Waals surface area (Å²) in [6.45, 7) is 7.61. The van der Waals surface area contributed by atoms with Gasteiger partial charge in [-0.3, -0.25) is 0 Å². The molecule has 168 valence electrons. The van der Waals surface area contributed by atoms with E-state index in [1.165, 1.54) is 0 Å². The van der Waals surface area contributed by atoms with E-state index < -0.39 is 5.60 Å². The fourth-order valence-electron chi connectivity index (χ4n) is 3.91. The summed E-state index contributed by atoms with van der Waals surface area (Å²) in [5, 5.41) is 14.5. The minimum absolute atomic E-state index is 0.299. The van der Waals surface area contributed by atoms with Gasteiger partial charge < -0.3 is 23.8 Å². The molecule has 0 aliphatic carbocycles. The van der Waals surface area contributed by atoms with Gasteiger partial charge in [0.15, 0.2) is 17.3 Å². The molecule has 0 fully saturated rings. The van der Waals surface area contributed by atoms with Crippen LogP contribution in [0.4, 0.5) is 0 Å². The number of aromatic nitrogens is 2. The first-order chi connectivity index (χ1) is 15.3. The Morgan fingerprint density at radius 2 is 1.75 bits per heavy atom. The standard InChI is InChI=1S/C25H28N2O5/c1-14-15(2)23-18(16(3)22(14)28)11-12-25(4,31-23)24-26-21(27-32-24)10-8-17-7-9-19(29-5)20(13-17)30-6/h7,9,11-13,28H,8,10H2,1-6H3. The van der Waals surface area contributed by atoms with Gasteiger partial charge in [-0.15, -0.1) is 0 Å². The molecule has 7 heteroatoms. The van der Waals surface area contributed by atoms with Gasteiger partial charge in [0, 0.05) is 17.5 Å². The van der Waals surface area contributed by atoms with Crippen molar-refractivity contribution in [3.05, 3.63) is 63.8 Å². The van der Waals surface area contributed by atoms with Crippen LogP contribution in [0.1, 0.15) is 46.5 Å². The molecule has 0 saturated heterocycles. The monoisotopic (exact) mass is 436 g/mol. The SMILES string of the molecule is COc1ccc(CCc2noc(C3(C)C=Cc4c(C)c(O)c(C)c(C)c4O3)n2)cc1OC. The lowest BCUT2D eigenvalue weighted by Gasteiger charge is -2.31. The van der Waals surface area contributed by atoms with Crippen LogP contribution < -0.4 is 14.2 Å². The number of nitrogens with zero attached hydrogens (tertiary/aromatic N) is 2. The van der Waals surface area contributed by atoms with E-state index in [9.17, 15) is 5.11 Å². The van der Waals surface area contributed by atoms with Gasteiger partial charge in [-0.2, -0.15) is 4.98 Å². The number of hydrogen-bond acceptors (Lipinski definition) is 7. The Hall–Kier alpha value is -3.48. The zero-order valence-corrected chi connectivity index (χ0v) is 19.3. The van der Waals surface area contributed by atoms with E-state index in [-0.39, 0.29) is 0 Å². The minimum Gasteiger partial charge on any atom is -0.507 e. The number of rotatable bonds is 6. The van der Waals surface area contributed by atoms with Crippen molar-refractivity contribution in [3.8, 4) is 23.0 Å². The van der Waals surface area contributed by atoms with Crippen molar-refractivity contribution >= 4 is 6.08 Å². The molecule has 0 spiro atoms. The molecule has 2 aromatic carbocycles. The molecule has 0 saturated carbocycles. The maximum atomic E-state index is 10.4. The van der Waals surface area contributed by atoms with Crippen molar-refractivity contribution in [2.24, 2.45) is 0 Å². The van der Waals surface area contributed by atoms with Gasteiger partial charge in [0.1, 0.15) is 11.5 Å². The third-order valence-electron chi connectivity index (χ3n) is 6.12. The molecule has 0 radical (unpaired) electrons. The predicted molar refractivity (Wildman–Crippen MR) is 121 cm³/mol. The van der Waals surface area contributed by atoms with E-state index in [0.717, 1.165) is 40.0 Å². The largest absolute Gasteiger partial charge is 0.507 e. The molecule has 1 aromatic heterocycles. The molecule has 2 heterocycles. The molecule has 1 unspecified atom stereocenters. The summed E-state index contributed by atoms with van der Waals surface area (Å²) in [7, 11) is 3.24. The van der Waals surface area contributed by atoms with E-state index in [0.29, 0.717) is 35.4 Å². The van der Waals surface area contributed by atoms with Crippen LogP contribution in [0, 0.1) is 20.8 Å². The first-order valence-electron chi connectivity index (χ1n) is 10.5. The van der Waals surface area contributed by atoms with Crippen LogP contribution in [0.5, 0.6) is 23.0 Å². The number of phenols is 1. The summed E-state index contributed by atoms with van der Waals surface area (Å²) in [4.78, 5) is 4.60. The average Bonchev–Trinajstić information content (AvgIpc) is 3.30. The van der Waals surface area contributed by atoms with Crippen LogP contribution in [0.25, 0.3) is 6.08 Å². The molecule has 1 N–H and O–H groups in total. The lowest BCUT2D eigenvalue weighted by molar-refractivity contribution is 0.0949. The molecule has 3 aromatic rings. The van der Waals surface area contributed by atoms with Crippen LogP contribution in [0.2, 0.25) is 0 Å². The van der Waals surface area contributed by atoms with Crippen molar-refractivity contribution in [2.45, 2.75) is 46.1 Å². The van der Waals surface area contributed by atoms with Crippen molar-refractivity contribution in [1.29, 1.82) is 0 Å². The lowest BCUT2D eigenvalue weighted by Crippen LogP contribution is -2.30. The minimum atomic E-state index is -0.887. The summed E-state index contributed by atoms with van der Waals surface area (Å²) in [5.74, 6) is 3.42. The number of aryl methyl sites for hydroxylation is 2. The van der Waals surface area contributed by atoms with Crippen molar-refractivity contribution < 1.29 is 23.8 Å². The molecule has 1 atom stereocenters. The first-order valence-corrected chi connectivity index (χ1v) is 10.5. The second-order valence-corrected chi connectivity index (χ2v) is 8.21. The number of methoxy groups -OCH3 is 2. The Balaban J connectivity index is 1.54. The number of phenolic OH excluding ortho intramolecular Hbond substituents is 1. The quantitative estimate of drug-likeness (QED) is 0.592. The van der Waals surface area contributed by atoms with Gasteiger partial charge in [0.25, 0.3) is 5.89 Å². The highest BCUT2D eigenvalue weighted by Gasteiger charge is 2.37. The van der Waals surface area contributed by atoms with E-state index >= 15 is 0 Å². The number of ether oxygens (including phenoxy) is 3. The third-order valence-corrected chi connectivity index (χ3v) is 6.12. The van der Waals surface area contributed by atoms with Crippen molar-refractivity contribution in [3.63, 3.8) is 0 Å². The summed E-state index contributed by atoms with van der Waals surface area (Å²) >= 11 is 0. The van der Waals surface area contributed by atoms with Crippen LogP contribution in [0.15, 0.2) is 28.8 Å². The van der Waals surface area contributed by atoms with E-state index in [4.69, 9.17) is 18.7 Å². The summed E-state index contributed by atoms with van der Waals surface area (Å²) in [5.41, 5.74) is 3.57. The predicted octanol–water partition coefficient (Wildman–Crippen LogP) is 4.82. The third kappa shape index (κ3) is 3.68. The summed E-state index contributed by atoms with van der Waals surface area (Å²) in [6, 6.07) is 5.84. The highest BCUT2D eigenvalue weighted by Crippen LogP contribution is 2.44. The highest BCUT2D eigenvalue weighted by atomic mass is 16.5. The molecule has 0 bridgehead atoms. The fraction of sp³-hybridized carbons (Fsp3) is 0.360. The molecule has 0 amide bonds. The van der Waals surface area contributed by atoms with Crippen molar-refractivity contribution in [1.82, 2.24) is 10.1 Å². The number of aromatic hydroxyl groups is 1. The van der Waals surface area contributed by atoms with Crippen LogP contribution in [0.3, 0.4) is 0 Å². The number of benzene rings is 2.